The number of halogens is 1. The Hall–Kier alpha value is -0.930. The summed E-state index contributed by atoms with van der Waals surface area (Å²) < 4.78 is 18.2. The van der Waals surface area contributed by atoms with Gasteiger partial charge < -0.3 is 10.1 Å². The number of benzene rings is 1. The van der Waals surface area contributed by atoms with Crippen molar-refractivity contribution in [1.82, 2.24) is 5.32 Å². The van der Waals surface area contributed by atoms with E-state index in [0.29, 0.717) is 12.7 Å². The molecule has 0 saturated carbocycles. The Morgan fingerprint density at radius 2 is 2.14 bits per heavy atom. The zero-order valence-electron chi connectivity index (χ0n) is 8.00. The van der Waals surface area contributed by atoms with E-state index in [2.05, 4.69) is 5.32 Å². The highest BCUT2D eigenvalue weighted by Gasteiger charge is 2.14. The van der Waals surface area contributed by atoms with Crippen molar-refractivity contribution in [2.45, 2.75) is 19.1 Å². The normalized spacial score (nSPS) is 21.4. The van der Waals surface area contributed by atoms with E-state index in [0.717, 1.165) is 25.1 Å². The molecule has 76 valence electrons. The minimum atomic E-state index is -0.198. The molecule has 14 heavy (non-hydrogen) atoms. The molecule has 0 unspecified atom stereocenters. The van der Waals surface area contributed by atoms with Crippen LogP contribution in [-0.4, -0.2) is 19.2 Å². The van der Waals surface area contributed by atoms with Gasteiger partial charge in [0.05, 0.1) is 12.7 Å². The minimum Gasteiger partial charge on any atom is -0.372 e. The van der Waals surface area contributed by atoms with E-state index in [9.17, 15) is 4.39 Å². The Kier molecular flexibility index (Phi) is 3.11. The monoisotopic (exact) mass is 195 g/mol. The lowest BCUT2D eigenvalue weighted by molar-refractivity contribution is 0.0542. The average molecular weight is 195 g/mol. The minimum absolute atomic E-state index is 0.198. The Morgan fingerprint density at radius 3 is 2.79 bits per heavy atom. The summed E-state index contributed by atoms with van der Waals surface area (Å²) in [5, 5.41) is 3.23. The molecule has 3 heteroatoms. The molecule has 0 bridgehead atoms. The molecule has 1 fully saturated rings. The lowest BCUT2D eigenvalue weighted by Gasteiger charge is -2.09. The topological polar surface area (TPSA) is 21.3 Å². The molecule has 1 heterocycles. The molecule has 0 aliphatic carbocycles. The second-order valence-corrected chi connectivity index (χ2v) is 3.55. The third-order valence-electron chi connectivity index (χ3n) is 2.41. The molecule has 1 aromatic rings. The number of rotatable bonds is 3. The molecule has 1 aliphatic rings. The highest BCUT2D eigenvalue weighted by molar-refractivity contribution is 5.15. The number of ether oxygens (including phenoxy) is 1. The van der Waals surface area contributed by atoms with Gasteiger partial charge in [0.1, 0.15) is 5.82 Å². The summed E-state index contributed by atoms with van der Waals surface area (Å²) in [5.74, 6) is -0.198. The van der Waals surface area contributed by atoms with Gasteiger partial charge in [0.15, 0.2) is 0 Å². The van der Waals surface area contributed by atoms with E-state index in [-0.39, 0.29) is 5.82 Å². The molecular weight excluding hydrogens is 181 g/mol. The second-order valence-electron chi connectivity index (χ2n) is 3.55. The predicted molar refractivity (Wildman–Crippen MR) is 52.5 cm³/mol. The maximum atomic E-state index is 12.6. The van der Waals surface area contributed by atoms with Crippen LogP contribution in [0.5, 0.6) is 0 Å². The lowest BCUT2D eigenvalue weighted by Crippen LogP contribution is -2.16. The summed E-state index contributed by atoms with van der Waals surface area (Å²) in [6.07, 6.45) is 1.39. The van der Waals surface area contributed by atoms with Crippen LogP contribution in [0.25, 0.3) is 0 Å². The summed E-state index contributed by atoms with van der Waals surface area (Å²) in [6, 6.07) is 6.45. The highest BCUT2D eigenvalue weighted by Crippen LogP contribution is 2.09. The van der Waals surface area contributed by atoms with Crippen molar-refractivity contribution in [3.63, 3.8) is 0 Å². The molecule has 1 aromatic carbocycles. The summed E-state index contributed by atoms with van der Waals surface area (Å²) in [7, 11) is 0. The Labute approximate surface area is 83.1 Å². The van der Waals surface area contributed by atoms with E-state index in [1.165, 1.54) is 12.1 Å². The van der Waals surface area contributed by atoms with E-state index >= 15 is 0 Å². The molecule has 0 spiro atoms. The van der Waals surface area contributed by atoms with Gasteiger partial charge in [-0.25, -0.2) is 4.39 Å². The number of hydrogen-bond donors (Lipinski definition) is 1. The zero-order chi connectivity index (χ0) is 9.80. The van der Waals surface area contributed by atoms with Gasteiger partial charge in [0.2, 0.25) is 0 Å². The van der Waals surface area contributed by atoms with Crippen molar-refractivity contribution >= 4 is 0 Å². The molecule has 2 rings (SSSR count). The van der Waals surface area contributed by atoms with Crippen LogP contribution >= 0.6 is 0 Å². The van der Waals surface area contributed by atoms with Gasteiger partial charge in [0.25, 0.3) is 0 Å². The van der Waals surface area contributed by atoms with Gasteiger partial charge >= 0.3 is 0 Å². The van der Waals surface area contributed by atoms with E-state index in [1.807, 2.05) is 0 Å². The van der Waals surface area contributed by atoms with Crippen molar-refractivity contribution in [2.75, 3.05) is 13.1 Å². The quantitative estimate of drug-likeness (QED) is 0.792. The van der Waals surface area contributed by atoms with Crippen LogP contribution in [0, 0.1) is 5.82 Å². The summed E-state index contributed by atoms with van der Waals surface area (Å²) in [4.78, 5) is 0. The van der Waals surface area contributed by atoms with Gasteiger partial charge in [-0.2, -0.15) is 0 Å². The SMILES string of the molecule is Fc1ccc(CO[C@@H]2CCNC2)cc1. The average Bonchev–Trinajstić information content (AvgIpc) is 2.70. The second kappa shape index (κ2) is 4.53. The van der Waals surface area contributed by atoms with Crippen LogP contribution < -0.4 is 5.32 Å². The van der Waals surface area contributed by atoms with Crippen molar-refractivity contribution in [3.8, 4) is 0 Å². The molecule has 1 aliphatic heterocycles. The maximum absolute atomic E-state index is 12.6. The van der Waals surface area contributed by atoms with Gasteiger partial charge in [-0.15, -0.1) is 0 Å². The maximum Gasteiger partial charge on any atom is 0.123 e. The van der Waals surface area contributed by atoms with E-state index < -0.39 is 0 Å². The van der Waals surface area contributed by atoms with Crippen LogP contribution in [0.3, 0.4) is 0 Å². The van der Waals surface area contributed by atoms with E-state index in [1.54, 1.807) is 12.1 Å². The third-order valence-corrected chi connectivity index (χ3v) is 2.41. The van der Waals surface area contributed by atoms with Crippen LogP contribution in [-0.2, 0) is 11.3 Å². The molecular formula is C11H14FNO. The first-order valence-corrected chi connectivity index (χ1v) is 4.91. The van der Waals surface area contributed by atoms with Crippen molar-refractivity contribution in [3.05, 3.63) is 35.6 Å². The first-order valence-electron chi connectivity index (χ1n) is 4.91. The molecule has 0 aromatic heterocycles. The van der Waals surface area contributed by atoms with Crippen molar-refractivity contribution in [1.29, 1.82) is 0 Å². The number of nitrogens with one attached hydrogen (secondary N) is 1. The van der Waals surface area contributed by atoms with Crippen LogP contribution in [0.2, 0.25) is 0 Å². The molecule has 1 saturated heterocycles. The van der Waals surface area contributed by atoms with Crippen LogP contribution in [0.4, 0.5) is 4.39 Å². The molecule has 2 nitrogen and oxygen atoms in total. The first kappa shape index (κ1) is 9.62. The largest absolute Gasteiger partial charge is 0.372 e. The third kappa shape index (κ3) is 2.53. The predicted octanol–water partition coefficient (Wildman–Crippen LogP) is 1.70. The van der Waals surface area contributed by atoms with Crippen LogP contribution in [0.15, 0.2) is 24.3 Å². The lowest BCUT2D eigenvalue weighted by atomic mass is 10.2. The standard InChI is InChI=1S/C11H14FNO/c12-10-3-1-9(2-4-10)8-14-11-5-6-13-7-11/h1-4,11,13H,5-8H2/t11-/m1/s1. The summed E-state index contributed by atoms with van der Waals surface area (Å²) in [6.45, 7) is 2.54. The van der Waals surface area contributed by atoms with Gasteiger partial charge in [-0.3, -0.25) is 0 Å². The smallest absolute Gasteiger partial charge is 0.123 e. The van der Waals surface area contributed by atoms with Gasteiger partial charge in [0, 0.05) is 6.54 Å². The Morgan fingerprint density at radius 1 is 1.36 bits per heavy atom. The van der Waals surface area contributed by atoms with Gasteiger partial charge in [-0.05, 0) is 30.7 Å². The fourth-order valence-electron chi connectivity index (χ4n) is 1.57. The van der Waals surface area contributed by atoms with Gasteiger partial charge in [-0.1, -0.05) is 12.1 Å². The molecule has 0 radical (unpaired) electrons. The molecule has 1 N–H and O–H groups in total. The Balaban J connectivity index is 1.82. The zero-order valence-corrected chi connectivity index (χ0v) is 8.00. The fourth-order valence-corrected chi connectivity index (χ4v) is 1.57. The van der Waals surface area contributed by atoms with Crippen LogP contribution in [0.1, 0.15) is 12.0 Å². The molecule has 1 atom stereocenters. The molecule has 0 amide bonds. The number of hydrogen-bond acceptors (Lipinski definition) is 2. The summed E-state index contributed by atoms with van der Waals surface area (Å²) >= 11 is 0. The Bertz CT molecular complexity index is 280. The highest BCUT2D eigenvalue weighted by atomic mass is 19.1. The summed E-state index contributed by atoms with van der Waals surface area (Å²) in [5.41, 5.74) is 1.03. The van der Waals surface area contributed by atoms with E-state index in [4.69, 9.17) is 4.74 Å². The fraction of sp³-hybridized carbons (Fsp3) is 0.455. The first-order chi connectivity index (χ1) is 6.84. The van der Waals surface area contributed by atoms with Crippen molar-refractivity contribution < 1.29 is 9.13 Å². The van der Waals surface area contributed by atoms with Crippen molar-refractivity contribution in [2.24, 2.45) is 0 Å².